The Morgan fingerprint density at radius 3 is 2.87 bits per heavy atom. The maximum atomic E-state index is 10.8. The van der Waals surface area contributed by atoms with Crippen LogP contribution in [0.2, 0.25) is 0 Å². The summed E-state index contributed by atoms with van der Waals surface area (Å²) in [6.45, 7) is 0. The van der Waals surface area contributed by atoms with Crippen LogP contribution in [-0.2, 0) is 4.79 Å². The van der Waals surface area contributed by atoms with Crippen molar-refractivity contribution in [1.29, 1.82) is 0 Å². The zero-order valence-electron chi connectivity index (χ0n) is 7.88. The summed E-state index contributed by atoms with van der Waals surface area (Å²) in [6, 6.07) is 7.72. The fourth-order valence-corrected chi connectivity index (χ4v) is 1.82. The van der Waals surface area contributed by atoms with E-state index >= 15 is 0 Å². The molecular formula is C11H9BrN2O. The molecule has 1 unspecified atom stereocenters. The third-order valence-corrected chi connectivity index (χ3v) is 2.84. The zero-order valence-corrected chi connectivity index (χ0v) is 9.46. The van der Waals surface area contributed by atoms with Crippen molar-refractivity contribution in [3.63, 3.8) is 0 Å². The molecule has 0 saturated heterocycles. The molecule has 0 bridgehead atoms. The van der Waals surface area contributed by atoms with Gasteiger partial charge in [-0.2, -0.15) is 0 Å². The Morgan fingerprint density at radius 2 is 2.20 bits per heavy atom. The summed E-state index contributed by atoms with van der Waals surface area (Å²) in [5.41, 5.74) is 1.90. The standard InChI is InChI=1S/C11H9BrN2O/c12-10(7-15)9-3-1-2-4-11(9)14-6-5-13-8-14/h1-8,10H. The van der Waals surface area contributed by atoms with E-state index in [0.29, 0.717) is 0 Å². The Morgan fingerprint density at radius 1 is 1.40 bits per heavy atom. The molecule has 76 valence electrons. The fourth-order valence-electron chi connectivity index (χ4n) is 1.43. The molecule has 1 atom stereocenters. The van der Waals surface area contributed by atoms with Gasteiger partial charge in [0.1, 0.15) is 6.29 Å². The van der Waals surface area contributed by atoms with Gasteiger partial charge in [0.05, 0.1) is 16.8 Å². The van der Waals surface area contributed by atoms with E-state index in [2.05, 4.69) is 20.9 Å². The number of imidazole rings is 1. The van der Waals surface area contributed by atoms with Crippen molar-refractivity contribution in [1.82, 2.24) is 9.55 Å². The van der Waals surface area contributed by atoms with Crippen LogP contribution in [0.3, 0.4) is 0 Å². The van der Waals surface area contributed by atoms with Crippen molar-refractivity contribution in [3.05, 3.63) is 48.5 Å². The first-order valence-corrected chi connectivity index (χ1v) is 5.41. The summed E-state index contributed by atoms with van der Waals surface area (Å²) in [7, 11) is 0. The summed E-state index contributed by atoms with van der Waals surface area (Å²) in [5, 5.41) is 0. The summed E-state index contributed by atoms with van der Waals surface area (Å²) < 4.78 is 1.88. The molecule has 0 fully saturated rings. The number of para-hydroxylation sites is 1. The summed E-state index contributed by atoms with van der Waals surface area (Å²) in [4.78, 5) is 14.5. The molecule has 0 amide bonds. The molecule has 2 aromatic rings. The van der Waals surface area contributed by atoms with Gasteiger partial charge in [-0.25, -0.2) is 4.98 Å². The monoisotopic (exact) mass is 264 g/mol. The highest BCUT2D eigenvalue weighted by molar-refractivity contribution is 9.09. The number of rotatable bonds is 3. The number of carbonyl (C=O) groups is 1. The van der Waals surface area contributed by atoms with Crippen molar-refractivity contribution < 1.29 is 4.79 Å². The van der Waals surface area contributed by atoms with Gasteiger partial charge in [-0.15, -0.1) is 0 Å². The lowest BCUT2D eigenvalue weighted by Gasteiger charge is -2.10. The highest BCUT2D eigenvalue weighted by atomic mass is 79.9. The molecule has 1 aromatic carbocycles. The van der Waals surface area contributed by atoms with Crippen molar-refractivity contribution >= 4 is 22.2 Å². The van der Waals surface area contributed by atoms with Crippen molar-refractivity contribution in [2.24, 2.45) is 0 Å². The van der Waals surface area contributed by atoms with Gasteiger partial charge in [0.2, 0.25) is 0 Å². The minimum Gasteiger partial charge on any atom is -0.306 e. The van der Waals surface area contributed by atoms with Gasteiger partial charge >= 0.3 is 0 Å². The average molecular weight is 265 g/mol. The Hall–Kier alpha value is -1.42. The van der Waals surface area contributed by atoms with Crippen molar-refractivity contribution in [2.75, 3.05) is 0 Å². The molecule has 0 aliphatic carbocycles. The summed E-state index contributed by atoms with van der Waals surface area (Å²) in [5.74, 6) is 0. The zero-order chi connectivity index (χ0) is 10.7. The second-order valence-electron chi connectivity index (χ2n) is 3.07. The highest BCUT2D eigenvalue weighted by Gasteiger charge is 2.11. The van der Waals surface area contributed by atoms with Crippen LogP contribution >= 0.6 is 15.9 Å². The van der Waals surface area contributed by atoms with Gasteiger partial charge < -0.3 is 9.36 Å². The topological polar surface area (TPSA) is 34.9 Å². The van der Waals surface area contributed by atoms with Crippen LogP contribution in [0.4, 0.5) is 0 Å². The van der Waals surface area contributed by atoms with Crippen LogP contribution < -0.4 is 0 Å². The van der Waals surface area contributed by atoms with E-state index in [-0.39, 0.29) is 4.83 Å². The van der Waals surface area contributed by atoms with E-state index in [1.54, 1.807) is 12.5 Å². The number of alkyl halides is 1. The molecule has 0 N–H and O–H groups in total. The molecule has 1 aromatic heterocycles. The van der Waals surface area contributed by atoms with E-state index in [1.165, 1.54) is 0 Å². The minimum absolute atomic E-state index is 0.281. The van der Waals surface area contributed by atoms with Gasteiger partial charge in [-0.05, 0) is 11.6 Å². The van der Waals surface area contributed by atoms with E-state index in [1.807, 2.05) is 35.0 Å². The lowest BCUT2D eigenvalue weighted by atomic mass is 10.1. The third kappa shape index (κ3) is 1.99. The highest BCUT2D eigenvalue weighted by Crippen LogP contribution is 2.26. The second-order valence-corrected chi connectivity index (χ2v) is 4.05. The number of hydrogen-bond acceptors (Lipinski definition) is 2. The Labute approximate surface area is 95.9 Å². The lowest BCUT2D eigenvalue weighted by molar-refractivity contribution is -0.107. The predicted molar refractivity (Wildman–Crippen MR) is 61.3 cm³/mol. The summed E-state index contributed by atoms with van der Waals surface area (Å²) >= 11 is 3.32. The molecule has 15 heavy (non-hydrogen) atoms. The maximum Gasteiger partial charge on any atom is 0.138 e. The maximum absolute atomic E-state index is 10.8. The number of benzene rings is 1. The van der Waals surface area contributed by atoms with Crippen LogP contribution in [-0.4, -0.2) is 15.8 Å². The number of nitrogens with zero attached hydrogens (tertiary/aromatic N) is 2. The average Bonchev–Trinajstić information content (AvgIpc) is 2.81. The Balaban J connectivity index is 2.52. The molecule has 4 heteroatoms. The number of carbonyl (C=O) groups excluding carboxylic acids is 1. The SMILES string of the molecule is O=CC(Br)c1ccccc1-n1ccnc1. The number of aldehydes is 1. The second kappa shape index (κ2) is 4.40. The van der Waals surface area contributed by atoms with E-state index in [0.717, 1.165) is 17.5 Å². The van der Waals surface area contributed by atoms with Gasteiger partial charge in [0, 0.05) is 12.4 Å². The molecule has 0 aliphatic rings. The molecule has 0 saturated carbocycles. The van der Waals surface area contributed by atoms with E-state index in [4.69, 9.17) is 0 Å². The van der Waals surface area contributed by atoms with Crippen LogP contribution in [0.5, 0.6) is 0 Å². The van der Waals surface area contributed by atoms with Crippen molar-refractivity contribution in [2.45, 2.75) is 4.83 Å². The Bertz CT molecular complexity index is 453. The molecule has 0 radical (unpaired) electrons. The molecule has 1 heterocycles. The van der Waals surface area contributed by atoms with Crippen LogP contribution in [0.1, 0.15) is 10.4 Å². The number of halogens is 1. The first-order valence-electron chi connectivity index (χ1n) is 4.49. The third-order valence-electron chi connectivity index (χ3n) is 2.14. The number of aromatic nitrogens is 2. The fraction of sp³-hybridized carbons (Fsp3) is 0.0909. The first-order chi connectivity index (χ1) is 7.33. The van der Waals surface area contributed by atoms with E-state index in [9.17, 15) is 4.79 Å². The smallest absolute Gasteiger partial charge is 0.138 e. The van der Waals surface area contributed by atoms with Gasteiger partial charge in [0.25, 0.3) is 0 Å². The van der Waals surface area contributed by atoms with Crippen LogP contribution in [0, 0.1) is 0 Å². The minimum atomic E-state index is -0.281. The summed E-state index contributed by atoms with van der Waals surface area (Å²) in [6.07, 6.45) is 6.14. The quantitative estimate of drug-likeness (QED) is 0.631. The molecule has 0 aliphatic heterocycles. The van der Waals surface area contributed by atoms with Crippen LogP contribution in [0.15, 0.2) is 43.0 Å². The first kappa shape index (κ1) is 10.1. The van der Waals surface area contributed by atoms with Crippen molar-refractivity contribution in [3.8, 4) is 5.69 Å². The van der Waals surface area contributed by atoms with Gasteiger partial charge in [0.15, 0.2) is 0 Å². The molecule has 2 rings (SSSR count). The van der Waals surface area contributed by atoms with E-state index < -0.39 is 0 Å². The normalized spacial score (nSPS) is 12.3. The Kier molecular flexibility index (Phi) is 2.97. The predicted octanol–water partition coefficient (Wildman–Crippen LogP) is 2.51. The van der Waals surface area contributed by atoms with Gasteiger partial charge in [-0.1, -0.05) is 34.1 Å². The van der Waals surface area contributed by atoms with Gasteiger partial charge in [-0.3, -0.25) is 0 Å². The van der Waals surface area contributed by atoms with Crippen LogP contribution in [0.25, 0.3) is 5.69 Å². The largest absolute Gasteiger partial charge is 0.306 e. The molecule has 0 spiro atoms. The number of hydrogen-bond donors (Lipinski definition) is 0. The lowest BCUT2D eigenvalue weighted by Crippen LogP contribution is -1.99. The molecular weight excluding hydrogens is 256 g/mol. The molecule has 3 nitrogen and oxygen atoms in total.